The van der Waals surface area contributed by atoms with Gasteiger partial charge in [0.1, 0.15) is 10.6 Å². The van der Waals surface area contributed by atoms with Crippen LogP contribution in [-0.4, -0.2) is 51.3 Å². The van der Waals surface area contributed by atoms with Gasteiger partial charge in [-0.15, -0.1) is 22.7 Å². The number of amides is 1. The molecule has 0 saturated carbocycles. The fourth-order valence-corrected chi connectivity index (χ4v) is 5.52. The van der Waals surface area contributed by atoms with Gasteiger partial charge in [-0.05, 0) is 18.2 Å². The third-order valence-corrected chi connectivity index (χ3v) is 7.17. The highest BCUT2D eigenvalue weighted by atomic mass is 35.5. The van der Waals surface area contributed by atoms with Crippen LogP contribution in [-0.2, 0) is 6.54 Å². The number of carbonyl (C=O) groups is 1. The van der Waals surface area contributed by atoms with E-state index in [0.29, 0.717) is 48.2 Å². The first-order valence-corrected chi connectivity index (χ1v) is 11.0. The van der Waals surface area contributed by atoms with Crippen molar-refractivity contribution in [1.82, 2.24) is 19.2 Å². The number of halogens is 2. The Morgan fingerprint density at radius 1 is 1.25 bits per heavy atom. The largest absolute Gasteiger partial charge is 0.335 e. The fraction of sp³-hybridized carbons (Fsp3) is 0.263. The van der Waals surface area contributed by atoms with Crippen LogP contribution in [0, 0.1) is 5.82 Å². The monoisotopic (exact) mass is 434 g/mol. The van der Waals surface area contributed by atoms with Crippen LogP contribution in [0.1, 0.15) is 15.2 Å². The maximum absolute atomic E-state index is 14.0. The third kappa shape index (κ3) is 3.10. The summed E-state index contributed by atoms with van der Waals surface area (Å²) in [6.07, 6.45) is 1.98. The Morgan fingerprint density at radius 2 is 2.07 bits per heavy atom. The number of thiazole rings is 1. The molecule has 4 heterocycles. The van der Waals surface area contributed by atoms with Crippen molar-refractivity contribution in [3.63, 3.8) is 0 Å². The minimum atomic E-state index is -0.284. The molecule has 1 saturated heterocycles. The molecule has 0 aliphatic carbocycles. The van der Waals surface area contributed by atoms with Crippen molar-refractivity contribution in [3.8, 4) is 0 Å². The third-order valence-electron chi connectivity index (χ3n) is 5.05. The average Bonchev–Trinajstić information content (AvgIpc) is 3.37. The molecule has 5 rings (SSSR count). The van der Waals surface area contributed by atoms with E-state index < -0.39 is 0 Å². The molecule has 0 bridgehead atoms. The quantitative estimate of drug-likeness (QED) is 0.481. The van der Waals surface area contributed by atoms with Gasteiger partial charge in [0.2, 0.25) is 0 Å². The van der Waals surface area contributed by atoms with E-state index in [2.05, 4.69) is 9.88 Å². The van der Waals surface area contributed by atoms with Crippen molar-refractivity contribution >= 4 is 55.5 Å². The predicted octanol–water partition coefficient (Wildman–Crippen LogP) is 4.36. The fourth-order valence-electron chi connectivity index (χ4n) is 3.52. The lowest BCUT2D eigenvalue weighted by molar-refractivity contribution is 0.0632. The smallest absolute Gasteiger partial charge is 0.264 e. The lowest BCUT2D eigenvalue weighted by Crippen LogP contribution is -2.48. The van der Waals surface area contributed by atoms with E-state index in [0.717, 1.165) is 15.3 Å². The Kier molecular flexibility index (Phi) is 4.59. The molecule has 4 aromatic rings. The summed E-state index contributed by atoms with van der Waals surface area (Å²) in [6.45, 7) is 3.06. The molecular weight excluding hydrogens is 419 g/mol. The summed E-state index contributed by atoms with van der Waals surface area (Å²) < 4.78 is 16.0. The number of piperazine rings is 1. The van der Waals surface area contributed by atoms with Crippen molar-refractivity contribution < 1.29 is 9.18 Å². The van der Waals surface area contributed by atoms with Gasteiger partial charge in [-0.1, -0.05) is 17.7 Å². The Labute approximate surface area is 173 Å². The number of hydrogen-bond acceptors (Lipinski definition) is 5. The molecular formula is C19H16ClFN4OS2. The molecule has 9 heteroatoms. The number of thiophene rings is 1. The summed E-state index contributed by atoms with van der Waals surface area (Å²) >= 11 is 9.16. The first-order valence-electron chi connectivity index (χ1n) is 8.90. The molecule has 1 amide bonds. The lowest BCUT2D eigenvalue weighted by Gasteiger charge is -2.34. The molecule has 0 N–H and O–H groups in total. The van der Waals surface area contributed by atoms with E-state index in [1.54, 1.807) is 23.5 Å². The van der Waals surface area contributed by atoms with Gasteiger partial charge in [-0.3, -0.25) is 14.1 Å². The summed E-state index contributed by atoms with van der Waals surface area (Å²) in [7, 11) is 0. The minimum absolute atomic E-state index is 0.0375. The first-order chi connectivity index (χ1) is 13.6. The van der Waals surface area contributed by atoms with Crippen molar-refractivity contribution in [1.29, 1.82) is 0 Å². The summed E-state index contributed by atoms with van der Waals surface area (Å²) in [5, 5.41) is 2.43. The first kappa shape index (κ1) is 18.1. The number of carbonyl (C=O) groups excluding carboxylic acids is 1. The zero-order chi connectivity index (χ0) is 19.3. The molecule has 1 aliphatic rings. The number of imidazole rings is 1. The summed E-state index contributed by atoms with van der Waals surface area (Å²) in [5.41, 5.74) is 1.50. The van der Waals surface area contributed by atoms with E-state index in [1.807, 2.05) is 26.9 Å². The highest BCUT2D eigenvalue weighted by molar-refractivity contribution is 7.21. The van der Waals surface area contributed by atoms with Crippen LogP contribution in [0.2, 0.25) is 5.02 Å². The van der Waals surface area contributed by atoms with E-state index in [9.17, 15) is 9.18 Å². The number of nitrogens with zero attached hydrogens (tertiary/aromatic N) is 4. The zero-order valence-electron chi connectivity index (χ0n) is 14.8. The van der Waals surface area contributed by atoms with Crippen LogP contribution in [0.5, 0.6) is 0 Å². The predicted molar refractivity (Wildman–Crippen MR) is 111 cm³/mol. The van der Waals surface area contributed by atoms with Crippen molar-refractivity contribution in [3.05, 3.63) is 57.1 Å². The normalized spacial score (nSPS) is 15.7. The Bertz CT molecular complexity index is 1160. The van der Waals surface area contributed by atoms with Crippen molar-refractivity contribution in [2.75, 3.05) is 26.2 Å². The van der Waals surface area contributed by atoms with Gasteiger partial charge in [-0.25, -0.2) is 9.37 Å². The highest BCUT2D eigenvalue weighted by Gasteiger charge is 2.25. The van der Waals surface area contributed by atoms with Crippen molar-refractivity contribution in [2.24, 2.45) is 0 Å². The Hall–Kier alpha value is -2.00. The second kappa shape index (κ2) is 7.11. The molecule has 0 unspecified atom stereocenters. The van der Waals surface area contributed by atoms with Gasteiger partial charge in [0.05, 0.1) is 10.4 Å². The lowest BCUT2D eigenvalue weighted by atomic mass is 10.2. The van der Waals surface area contributed by atoms with Crippen molar-refractivity contribution in [2.45, 2.75) is 6.54 Å². The molecule has 0 radical (unpaired) electrons. The van der Waals surface area contributed by atoms with E-state index in [-0.39, 0.29) is 11.7 Å². The van der Waals surface area contributed by atoms with Crippen LogP contribution in [0.25, 0.3) is 15.3 Å². The molecule has 1 aliphatic heterocycles. The highest BCUT2D eigenvalue weighted by Crippen LogP contribution is 2.29. The summed E-state index contributed by atoms with van der Waals surface area (Å²) in [6, 6.07) is 6.68. The standard InChI is InChI=1S/C19H16ClFN4OS2/c20-13-2-1-3-14(21)12(13)11-23-4-6-24(7-5-23)18(26)16-10-15-17(28-16)22-19-25(15)8-9-27-19/h1-3,8-10H,4-7,11H2. The molecule has 28 heavy (non-hydrogen) atoms. The van der Waals surface area contributed by atoms with Gasteiger partial charge in [0.25, 0.3) is 5.91 Å². The molecule has 0 spiro atoms. The van der Waals surface area contributed by atoms with Gasteiger partial charge in [0.15, 0.2) is 4.96 Å². The number of rotatable bonds is 3. The van der Waals surface area contributed by atoms with Crippen LogP contribution in [0.3, 0.4) is 0 Å². The number of benzene rings is 1. The molecule has 144 valence electrons. The van der Waals surface area contributed by atoms with Gasteiger partial charge < -0.3 is 4.90 Å². The molecule has 1 fully saturated rings. The molecule has 0 atom stereocenters. The maximum atomic E-state index is 14.0. The molecule has 5 nitrogen and oxygen atoms in total. The number of fused-ring (bicyclic) bond motifs is 3. The summed E-state index contributed by atoms with van der Waals surface area (Å²) in [4.78, 5) is 24.0. The summed E-state index contributed by atoms with van der Waals surface area (Å²) in [5.74, 6) is -0.247. The second-order valence-electron chi connectivity index (χ2n) is 6.74. The zero-order valence-corrected chi connectivity index (χ0v) is 17.2. The topological polar surface area (TPSA) is 40.9 Å². The van der Waals surface area contributed by atoms with Gasteiger partial charge >= 0.3 is 0 Å². The second-order valence-corrected chi connectivity index (χ2v) is 9.05. The minimum Gasteiger partial charge on any atom is -0.335 e. The van der Waals surface area contributed by atoms with E-state index in [4.69, 9.17) is 11.6 Å². The Morgan fingerprint density at radius 3 is 2.86 bits per heavy atom. The number of hydrogen-bond donors (Lipinski definition) is 0. The van der Waals surface area contributed by atoms with E-state index >= 15 is 0 Å². The van der Waals surface area contributed by atoms with Gasteiger partial charge in [0, 0.05) is 54.9 Å². The SMILES string of the molecule is O=C(c1cc2c(nc3sccn32)s1)N1CCN(Cc2c(F)cccc2Cl)CC1. The van der Waals surface area contributed by atoms with Gasteiger partial charge in [-0.2, -0.15) is 0 Å². The van der Waals surface area contributed by atoms with Crippen LogP contribution in [0.15, 0.2) is 35.8 Å². The average molecular weight is 435 g/mol. The van der Waals surface area contributed by atoms with Crippen LogP contribution in [0.4, 0.5) is 4.39 Å². The maximum Gasteiger partial charge on any atom is 0.264 e. The van der Waals surface area contributed by atoms with E-state index in [1.165, 1.54) is 17.4 Å². The van der Waals surface area contributed by atoms with Crippen LogP contribution >= 0.6 is 34.3 Å². The number of aromatic nitrogens is 2. The molecule has 1 aromatic carbocycles. The molecule has 3 aromatic heterocycles. The van der Waals surface area contributed by atoms with Crippen LogP contribution < -0.4 is 0 Å². The Balaban J connectivity index is 1.27.